The van der Waals surface area contributed by atoms with Gasteiger partial charge in [0.05, 0.1) is 17.8 Å². The SMILES string of the molecule is N#Cc1cc(Br)ccc1NC(=O)CN1CCC(N)CC1. The van der Waals surface area contributed by atoms with Crippen LogP contribution >= 0.6 is 15.9 Å². The molecule has 1 heterocycles. The number of anilines is 1. The molecule has 1 saturated heterocycles. The van der Waals surface area contributed by atoms with Gasteiger partial charge in [-0.15, -0.1) is 0 Å². The first-order valence-corrected chi connectivity index (χ1v) is 7.35. The van der Waals surface area contributed by atoms with Gasteiger partial charge in [-0.3, -0.25) is 9.69 Å². The number of rotatable bonds is 3. The number of halogens is 1. The Balaban J connectivity index is 1.93. The highest BCUT2D eigenvalue weighted by Gasteiger charge is 2.18. The molecule has 106 valence electrons. The van der Waals surface area contributed by atoms with Gasteiger partial charge >= 0.3 is 0 Å². The number of carbonyl (C=O) groups is 1. The van der Waals surface area contributed by atoms with Crippen LogP contribution in [0.15, 0.2) is 22.7 Å². The summed E-state index contributed by atoms with van der Waals surface area (Å²) >= 11 is 3.30. The minimum atomic E-state index is -0.0979. The van der Waals surface area contributed by atoms with Crippen LogP contribution in [0.1, 0.15) is 18.4 Å². The van der Waals surface area contributed by atoms with Gasteiger partial charge in [-0.1, -0.05) is 15.9 Å². The second-order valence-electron chi connectivity index (χ2n) is 4.96. The van der Waals surface area contributed by atoms with Crippen molar-refractivity contribution in [3.8, 4) is 6.07 Å². The summed E-state index contributed by atoms with van der Waals surface area (Å²) in [6.45, 7) is 2.04. The topological polar surface area (TPSA) is 82.2 Å². The number of nitriles is 1. The van der Waals surface area contributed by atoms with Gasteiger partial charge in [0.1, 0.15) is 6.07 Å². The number of hydrogen-bond acceptors (Lipinski definition) is 4. The van der Waals surface area contributed by atoms with E-state index in [1.54, 1.807) is 18.2 Å². The molecule has 0 aliphatic carbocycles. The Hall–Kier alpha value is -1.42. The smallest absolute Gasteiger partial charge is 0.238 e. The zero-order valence-corrected chi connectivity index (χ0v) is 12.7. The van der Waals surface area contributed by atoms with Crippen molar-refractivity contribution >= 4 is 27.5 Å². The third-order valence-electron chi connectivity index (χ3n) is 3.38. The third kappa shape index (κ3) is 4.04. The molecule has 1 amide bonds. The second-order valence-corrected chi connectivity index (χ2v) is 5.88. The molecular formula is C14H17BrN4O. The standard InChI is InChI=1S/C14H17BrN4O/c15-11-1-2-13(10(7-11)8-16)18-14(20)9-19-5-3-12(17)4-6-19/h1-2,7,12H,3-6,9,17H2,(H,18,20). The molecule has 5 nitrogen and oxygen atoms in total. The Morgan fingerprint density at radius 1 is 1.50 bits per heavy atom. The predicted molar refractivity (Wildman–Crippen MR) is 81.1 cm³/mol. The van der Waals surface area contributed by atoms with Crippen LogP contribution < -0.4 is 11.1 Å². The number of nitrogens with two attached hydrogens (primary N) is 1. The van der Waals surface area contributed by atoms with Crippen molar-refractivity contribution in [1.29, 1.82) is 5.26 Å². The molecule has 0 bridgehead atoms. The van der Waals surface area contributed by atoms with Crippen molar-refractivity contribution < 1.29 is 4.79 Å². The van der Waals surface area contributed by atoms with Crippen LogP contribution in [0.25, 0.3) is 0 Å². The molecule has 2 rings (SSSR count). The molecule has 0 saturated carbocycles. The maximum atomic E-state index is 12.0. The summed E-state index contributed by atoms with van der Waals surface area (Å²) in [5.41, 5.74) is 6.84. The van der Waals surface area contributed by atoms with Crippen molar-refractivity contribution in [3.05, 3.63) is 28.2 Å². The summed E-state index contributed by atoms with van der Waals surface area (Å²) in [4.78, 5) is 14.1. The molecule has 1 fully saturated rings. The Bertz CT molecular complexity index is 532. The summed E-state index contributed by atoms with van der Waals surface area (Å²) in [6, 6.07) is 7.55. The summed E-state index contributed by atoms with van der Waals surface area (Å²) in [6.07, 6.45) is 1.85. The van der Waals surface area contributed by atoms with E-state index < -0.39 is 0 Å². The summed E-state index contributed by atoms with van der Waals surface area (Å²) in [5.74, 6) is -0.0979. The van der Waals surface area contributed by atoms with E-state index in [0.29, 0.717) is 17.8 Å². The highest BCUT2D eigenvalue weighted by atomic mass is 79.9. The average Bonchev–Trinajstić information content (AvgIpc) is 2.43. The minimum Gasteiger partial charge on any atom is -0.328 e. The largest absolute Gasteiger partial charge is 0.328 e. The maximum absolute atomic E-state index is 12.0. The van der Waals surface area contributed by atoms with Gasteiger partial charge < -0.3 is 11.1 Å². The number of likely N-dealkylation sites (tertiary alicyclic amines) is 1. The van der Waals surface area contributed by atoms with Gasteiger partial charge in [-0.2, -0.15) is 5.26 Å². The highest BCUT2D eigenvalue weighted by molar-refractivity contribution is 9.10. The van der Waals surface area contributed by atoms with Crippen molar-refractivity contribution in [2.45, 2.75) is 18.9 Å². The van der Waals surface area contributed by atoms with Crippen LogP contribution in [-0.2, 0) is 4.79 Å². The number of nitrogens with one attached hydrogen (secondary N) is 1. The number of carbonyl (C=O) groups excluding carboxylic acids is 1. The summed E-state index contributed by atoms with van der Waals surface area (Å²) in [7, 11) is 0. The van der Waals surface area contributed by atoms with Gasteiger partial charge in [0.15, 0.2) is 0 Å². The normalized spacial score (nSPS) is 16.6. The molecule has 1 aromatic carbocycles. The predicted octanol–water partition coefficient (Wildman–Crippen LogP) is 1.68. The number of benzene rings is 1. The number of nitrogens with zero attached hydrogens (tertiary/aromatic N) is 2. The summed E-state index contributed by atoms with van der Waals surface area (Å²) < 4.78 is 0.817. The third-order valence-corrected chi connectivity index (χ3v) is 3.87. The van der Waals surface area contributed by atoms with Crippen LogP contribution in [0.5, 0.6) is 0 Å². The van der Waals surface area contributed by atoms with Gasteiger partial charge in [0, 0.05) is 23.6 Å². The lowest BCUT2D eigenvalue weighted by Crippen LogP contribution is -2.43. The van der Waals surface area contributed by atoms with Crippen LogP contribution in [0, 0.1) is 11.3 Å². The van der Waals surface area contributed by atoms with E-state index in [-0.39, 0.29) is 11.9 Å². The summed E-state index contributed by atoms with van der Waals surface area (Å²) in [5, 5.41) is 11.9. The molecule has 0 spiro atoms. The fraction of sp³-hybridized carbons (Fsp3) is 0.429. The number of amides is 1. The Morgan fingerprint density at radius 3 is 2.85 bits per heavy atom. The van der Waals surface area contributed by atoms with Crippen molar-refractivity contribution in [2.24, 2.45) is 5.73 Å². The molecule has 0 aromatic heterocycles. The number of hydrogen-bond donors (Lipinski definition) is 2. The molecule has 1 aromatic rings. The molecule has 0 radical (unpaired) electrons. The molecular weight excluding hydrogens is 320 g/mol. The molecule has 1 aliphatic rings. The first kappa shape index (κ1) is 15.0. The zero-order chi connectivity index (χ0) is 14.5. The molecule has 6 heteroatoms. The fourth-order valence-electron chi connectivity index (χ4n) is 2.22. The molecule has 0 unspecified atom stereocenters. The van der Waals surface area contributed by atoms with Gasteiger partial charge in [0.2, 0.25) is 5.91 Å². The van der Waals surface area contributed by atoms with E-state index in [0.717, 1.165) is 30.4 Å². The van der Waals surface area contributed by atoms with Gasteiger partial charge in [-0.05, 0) is 31.0 Å². The lowest BCUT2D eigenvalue weighted by atomic mass is 10.1. The van der Waals surface area contributed by atoms with Crippen LogP contribution in [-0.4, -0.2) is 36.5 Å². The van der Waals surface area contributed by atoms with Gasteiger partial charge in [-0.25, -0.2) is 0 Å². The van der Waals surface area contributed by atoms with E-state index in [2.05, 4.69) is 32.2 Å². The monoisotopic (exact) mass is 336 g/mol. The molecule has 1 aliphatic heterocycles. The van der Waals surface area contributed by atoms with E-state index >= 15 is 0 Å². The van der Waals surface area contributed by atoms with Crippen molar-refractivity contribution in [3.63, 3.8) is 0 Å². The van der Waals surface area contributed by atoms with E-state index in [1.165, 1.54) is 0 Å². The Kier molecular flexibility index (Phi) is 5.12. The highest BCUT2D eigenvalue weighted by Crippen LogP contribution is 2.20. The Labute approximate surface area is 126 Å². The molecule has 3 N–H and O–H groups in total. The van der Waals surface area contributed by atoms with E-state index in [4.69, 9.17) is 11.0 Å². The lowest BCUT2D eigenvalue weighted by Gasteiger charge is -2.29. The molecule has 20 heavy (non-hydrogen) atoms. The van der Waals surface area contributed by atoms with Gasteiger partial charge in [0.25, 0.3) is 0 Å². The first-order chi connectivity index (χ1) is 9.58. The van der Waals surface area contributed by atoms with Crippen LogP contribution in [0.4, 0.5) is 5.69 Å². The van der Waals surface area contributed by atoms with Crippen molar-refractivity contribution in [1.82, 2.24) is 4.90 Å². The zero-order valence-electron chi connectivity index (χ0n) is 11.1. The quantitative estimate of drug-likeness (QED) is 0.879. The van der Waals surface area contributed by atoms with Crippen molar-refractivity contribution in [2.75, 3.05) is 25.0 Å². The second kappa shape index (κ2) is 6.84. The minimum absolute atomic E-state index is 0.0979. The maximum Gasteiger partial charge on any atom is 0.238 e. The first-order valence-electron chi connectivity index (χ1n) is 6.56. The van der Waals surface area contributed by atoms with Crippen LogP contribution in [0.3, 0.4) is 0 Å². The van der Waals surface area contributed by atoms with E-state index in [1.807, 2.05) is 0 Å². The molecule has 0 atom stereocenters. The number of piperidine rings is 1. The van der Waals surface area contributed by atoms with Crippen LogP contribution in [0.2, 0.25) is 0 Å². The average molecular weight is 337 g/mol. The Morgan fingerprint density at radius 2 is 2.20 bits per heavy atom. The fourth-order valence-corrected chi connectivity index (χ4v) is 2.58. The van der Waals surface area contributed by atoms with E-state index in [9.17, 15) is 4.79 Å². The lowest BCUT2D eigenvalue weighted by molar-refractivity contribution is -0.117.